The van der Waals surface area contributed by atoms with Crippen LogP contribution in [0.3, 0.4) is 0 Å². The number of unbranched alkanes of at least 4 members (excludes halogenated alkanes) is 43. The molecule has 1 amide bonds. The van der Waals surface area contributed by atoms with Crippen molar-refractivity contribution in [2.24, 2.45) is 0 Å². The molecule has 0 bridgehead atoms. The molecule has 2 saturated heterocycles. The molecule has 0 aromatic carbocycles. The lowest BCUT2D eigenvalue weighted by Gasteiger charge is -2.46. The van der Waals surface area contributed by atoms with E-state index in [2.05, 4.69) is 116 Å². The number of rotatable bonds is 72. The quantitative estimate of drug-likeness (QED) is 0.0204. The zero-order valence-electron chi connectivity index (χ0n) is 66.2. The topological polar surface area (TPSA) is 228 Å². The van der Waals surface area contributed by atoms with E-state index in [4.69, 9.17) is 18.9 Å². The smallest absolute Gasteiger partial charge is 0.220 e. The van der Waals surface area contributed by atoms with Crippen LogP contribution in [-0.2, 0) is 23.7 Å². The van der Waals surface area contributed by atoms with Gasteiger partial charge in [0.05, 0.1) is 32.0 Å². The van der Waals surface area contributed by atoms with Crippen LogP contribution in [-0.4, -0.2) is 140 Å². The van der Waals surface area contributed by atoms with Crippen LogP contribution in [0.2, 0.25) is 0 Å². The fourth-order valence-corrected chi connectivity index (χ4v) is 13.7. The Hall–Kier alpha value is -3.35. The van der Waals surface area contributed by atoms with Gasteiger partial charge in [-0.2, -0.15) is 0 Å². The predicted molar refractivity (Wildman–Crippen MR) is 433 cm³/mol. The van der Waals surface area contributed by atoms with E-state index < -0.39 is 86.8 Å². The van der Waals surface area contributed by atoms with Crippen molar-refractivity contribution < 1.29 is 64.6 Å². The first-order valence-corrected chi connectivity index (χ1v) is 43.1. The Labute approximate surface area is 636 Å². The van der Waals surface area contributed by atoms with Gasteiger partial charge in [-0.1, -0.05) is 374 Å². The van der Waals surface area contributed by atoms with Crippen molar-refractivity contribution in [1.82, 2.24) is 5.32 Å². The summed E-state index contributed by atoms with van der Waals surface area (Å²) in [5.41, 5.74) is 0. The van der Waals surface area contributed by atoms with Gasteiger partial charge in [0, 0.05) is 6.42 Å². The average molecular weight is 1460 g/mol. The van der Waals surface area contributed by atoms with Gasteiger partial charge < -0.3 is 65.1 Å². The number of carbonyl (C=O) groups is 1. The van der Waals surface area contributed by atoms with Crippen molar-refractivity contribution in [2.75, 3.05) is 19.8 Å². The van der Waals surface area contributed by atoms with Gasteiger partial charge in [0.15, 0.2) is 12.6 Å². The van der Waals surface area contributed by atoms with Crippen LogP contribution in [0, 0.1) is 0 Å². The molecule has 602 valence electrons. The summed E-state index contributed by atoms with van der Waals surface area (Å²) in [6.07, 6.45) is 89.0. The number of aliphatic hydroxyl groups excluding tert-OH is 8. The van der Waals surface area contributed by atoms with Crippen LogP contribution in [0.25, 0.3) is 0 Å². The number of hydrogen-bond acceptors (Lipinski definition) is 13. The van der Waals surface area contributed by atoms with Crippen molar-refractivity contribution in [1.29, 1.82) is 0 Å². The van der Waals surface area contributed by atoms with E-state index in [1.165, 1.54) is 250 Å². The summed E-state index contributed by atoms with van der Waals surface area (Å²) in [5.74, 6) is -0.247. The van der Waals surface area contributed by atoms with Gasteiger partial charge >= 0.3 is 0 Å². The minimum absolute atomic E-state index is 0.247. The number of amides is 1. The van der Waals surface area contributed by atoms with Crippen molar-refractivity contribution >= 4 is 5.91 Å². The first kappa shape index (κ1) is 96.7. The van der Waals surface area contributed by atoms with E-state index in [-0.39, 0.29) is 18.9 Å². The molecule has 2 fully saturated rings. The minimum Gasteiger partial charge on any atom is -0.394 e. The second-order valence-electron chi connectivity index (χ2n) is 29.9. The molecular weight excluding hydrogens is 1300 g/mol. The number of nitrogens with one attached hydrogen (secondary N) is 1. The number of ether oxygens (including phenoxy) is 4. The van der Waals surface area contributed by atoms with Crippen molar-refractivity contribution in [3.05, 3.63) is 109 Å². The summed E-state index contributed by atoms with van der Waals surface area (Å²) < 4.78 is 22.9. The molecule has 2 rings (SSSR count). The SMILES string of the molecule is CC/C=C\C/C=C\C/C=C\C/C=C\C/C=C\C/C=C\C/C=C\CCCCCCCCCCCCCCCCCCCC(=O)NC(COC1OC(CO)C(OC2OC(CO)C(O)C(O)C2O)C(O)C1O)C(O)/C=C/CC/C=C/CCCCCCCCCCCCCCCCCCCCCCCCCCC. The first-order chi connectivity index (χ1) is 51.1. The fraction of sp³-hybridized carbons (Fsp3) is 0.789. The summed E-state index contributed by atoms with van der Waals surface area (Å²) >= 11 is 0. The molecule has 0 aliphatic carbocycles. The second kappa shape index (κ2) is 72.5. The Morgan fingerprint density at radius 2 is 0.673 bits per heavy atom. The Morgan fingerprint density at radius 3 is 1.06 bits per heavy atom. The van der Waals surface area contributed by atoms with Gasteiger partial charge in [0.1, 0.15) is 48.8 Å². The first-order valence-electron chi connectivity index (χ1n) is 43.1. The second-order valence-corrected chi connectivity index (χ2v) is 29.9. The third-order valence-corrected chi connectivity index (χ3v) is 20.4. The highest BCUT2D eigenvalue weighted by atomic mass is 16.7. The van der Waals surface area contributed by atoms with Crippen molar-refractivity contribution in [2.45, 2.75) is 434 Å². The molecule has 12 atom stereocenters. The van der Waals surface area contributed by atoms with E-state index in [9.17, 15) is 45.6 Å². The van der Waals surface area contributed by atoms with E-state index >= 15 is 0 Å². The highest BCUT2D eigenvalue weighted by Crippen LogP contribution is 2.30. The summed E-state index contributed by atoms with van der Waals surface area (Å²) in [5, 5.41) is 87.8. The zero-order valence-corrected chi connectivity index (χ0v) is 66.2. The summed E-state index contributed by atoms with van der Waals surface area (Å²) in [7, 11) is 0. The van der Waals surface area contributed by atoms with Crippen LogP contribution in [0.15, 0.2) is 109 Å². The lowest BCUT2D eigenvalue weighted by atomic mass is 9.97. The van der Waals surface area contributed by atoms with Crippen molar-refractivity contribution in [3.8, 4) is 0 Å². The molecule has 0 spiro atoms. The normalized spacial score (nSPS) is 22.0. The van der Waals surface area contributed by atoms with Crippen molar-refractivity contribution in [3.63, 3.8) is 0 Å². The average Bonchev–Trinajstić information content (AvgIpc) is 0.791. The maximum atomic E-state index is 13.4. The molecule has 2 aliphatic heterocycles. The molecule has 0 aromatic rings. The predicted octanol–water partition coefficient (Wildman–Crippen LogP) is 20.6. The minimum atomic E-state index is -1.80. The molecular formula is C90H159NO13. The van der Waals surface area contributed by atoms with E-state index in [1.54, 1.807) is 6.08 Å². The Bertz CT molecular complexity index is 2170. The zero-order chi connectivity index (χ0) is 75.1. The highest BCUT2D eigenvalue weighted by Gasteiger charge is 2.51. The van der Waals surface area contributed by atoms with Crippen LogP contribution >= 0.6 is 0 Å². The molecule has 2 heterocycles. The number of allylic oxidation sites excluding steroid dienone is 17. The van der Waals surface area contributed by atoms with Gasteiger partial charge in [-0.3, -0.25) is 4.79 Å². The summed E-state index contributed by atoms with van der Waals surface area (Å²) in [6.45, 7) is 2.71. The third kappa shape index (κ3) is 54.3. The lowest BCUT2D eigenvalue weighted by molar-refractivity contribution is -0.359. The summed E-state index contributed by atoms with van der Waals surface area (Å²) in [6, 6.07) is -0.939. The largest absolute Gasteiger partial charge is 0.394 e. The van der Waals surface area contributed by atoms with Crippen LogP contribution in [0.1, 0.15) is 361 Å². The van der Waals surface area contributed by atoms with Gasteiger partial charge in [0.25, 0.3) is 0 Å². The van der Waals surface area contributed by atoms with Gasteiger partial charge in [-0.05, 0) is 89.9 Å². The highest BCUT2D eigenvalue weighted by molar-refractivity contribution is 5.76. The molecule has 12 unspecified atom stereocenters. The molecule has 9 N–H and O–H groups in total. The Morgan fingerprint density at radius 1 is 0.356 bits per heavy atom. The van der Waals surface area contributed by atoms with Gasteiger partial charge in [-0.15, -0.1) is 0 Å². The number of hydrogen-bond donors (Lipinski definition) is 9. The van der Waals surface area contributed by atoms with Gasteiger partial charge in [-0.25, -0.2) is 0 Å². The summed E-state index contributed by atoms with van der Waals surface area (Å²) in [4.78, 5) is 13.4. The maximum absolute atomic E-state index is 13.4. The van der Waals surface area contributed by atoms with Crippen LogP contribution in [0.4, 0.5) is 0 Å². The molecule has 0 saturated carbocycles. The Kier molecular flexibility index (Phi) is 67.4. The Balaban J connectivity index is 1.60. The monoisotopic (exact) mass is 1460 g/mol. The molecule has 0 radical (unpaired) electrons. The standard InChI is InChI=1S/C90H159NO13/c1-3-5-7-9-11-13-15-17-19-21-23-25-27-29-31-33-35-36-37-38-39-40-41-42-44-46-48-50-52-54-56-58-60-62-64-66-68-70-72-74-82(95)91-78(77-101-89-87(100)85(98)88(81(76-93)103-89)104-90-86(99)84(97)83(96)80(75-92)102-90)79(94)73-71-69-67-65-63-61-59-57-55-53-51-49-47-45-43-34-32-30-28-26-24-22-20-18-16-14-12-10-8-6-4-2/h5,7,11,13,17,19,23,25,29,31,35-36,38-39,63,65,71,73,78-81,83-90,92-94,96-100H,3-4,6,8-10,12,14-16,18,20-22,24,26-28,30,32-34,37,40-62,64,66-70,72,74-77H2,1-2H3,(H,91,95)/b7-5-,13-11-,19-17-,25-23-,31-29-,36-35-,39-38-,65-63+,73-71+. The fourth-order valence-electron chi connectivity index (χ4n) is 13.7. The number of carbonyl (C=O) groups excluding carboxylic acids is 1. The van der Waals surface area contributed by atoms with E-state index in [0.29, 0.717) is 12.8 Å². The molecule has 14 nitrogen and oxygen atoms in total. The van der Waals surface area contributed by atoms with Crippen LogP contribution in [0.5, 0.6) is 0 Å². The van der Waals surface area contributed by atoms with E-state index in [0.717, 1.165) is 77.0 Å². The molecule has 2 aliphatic rings. The third-order valence-electron chi connectivity index (χ3n) is 20.4. The molecule has 104 heavy (non-hydrogen) atoms. The molecule has 14 heteroatoms. The lowest BCUT2D eigenvalue weighted by Crippen LogP contribution is -2.65. The maximum Gasteiger partial charge on any atom is 0.220 e. The number of aliphatic hydroxyl groups is 8. The van der Waals surface area contributed by atoms with E-state index in [1.807, 2.05) is 6.08 Å². The molecule has 0 aromatic heterocycles. The van der Waals surface area contributed by atoms with Gasteiger partial charge in [0.2, 0.25) is 5.91 Å². The van der Waals surface area contributed by atoms with Crippen LogP contribution < -0.4 is 5.32 Å².